The Morgan fingerprint density at radius 2 is 2.38 bits per heavy atom. The first-order chi connectivity index (χ1) is 6.16. The lowest BCUT2D eigenvalue weighted by molar-refractivity contribution is 0.108. The van der Waals surface area contributed by atoms with Crippen LogP contribution < -0.4 is 0 Å². The van der Waals surface area contributed by atoms with E-state index in [1.54, 1.807) is 12.3 Å². The highest BCUT2D eigenvalue weighted by atomic mass is 35.5. The lowest BCUT2D eigenvalue weighted by Crippen LogP contribution is -1.81. The maximum Gasteiger partial charge on any atom is 0.262 e. The van der Waals surface area contributed by atoms with Crippen LogP contribution in [0.15, 0.2) is 12.3 Å². The molecule has 5 heteroatoms. The van der Waals surface area contributed by atoms with Crippen molar-refractivity contribution in [1.29, 1.82) is 0 Å². The minimum absolute atomic E-state index is 0.456. The van der Waals surface area contributed by atoms with Crippen molar-refractivity contribution < 1.29 is 4.79 Å². The molecule has 2 aromatic rings. The van der Waals surface area contributed by atoms with Gasteiger partial charge in [0.2, 0.25) is 0 Å². The Hall–Kier alpha value is -1.00. The molecular weight excluding hydrogens is 208 g/mol. The van der Waals surface area contributed by atoms with Crippen LogP contribution in [0.25, 0.3) is 10.3 Å². The summed E-state index contributed by atoms with van der Waals surface area (Å²) in [6.07, 6.45) is 1.66. The molecule has 2 rings (SSSR count). The van der Waals surface area contributed by atoms with Crippen LogP contribution in [0.2, 0.25) is 0 Å². The molecule has 0 saturated heterocycles. The molecule has 13 heavy (non-hydrogen) atoms. The summed E-state index contributed by atoms with van der Waals surface area (Å²) >= 11 is 6.59. The second-order valence-corrected chi connectivity index (χ2v) is 3.96. The van der Waals surface area contributed by atoms with E-state index in [0.29, 0.717) is 4.88 Å². The molecule has 0 fully saturated rings. The number of carbonyl (C=O) groups excluding carboxylic acids is 1. The van der Waals surface area contributed by atoms with E-state index in [1.165, 1.54) is 11.3 Å². The standard InChI is InChI=1S/C8H5ClN2OS/c1-4-3-10-5-2-6(7(9)12)13-8(5)11-4/h2-3H,1H3. The summed E-state index contributed by atoms with van der Waals surface area (Å²) in [7, 11) is 0. The van der Waals surface area contributed by atoms with Gasteiger partial charge in [0.1, 0.15) is 10.3 Å². The van der Waals surface area contributed by atoms with Crippen LogP contribution >= 0.6 is 22.9 Å². The molecule has 0 saturated carbocycles. The molecule has 0 radical (unpaired) electrons. The van der Waals surface area contributed by atoms with Crippen molar-refractivity contribution in [3.05, 3.63) is 22.8 Å². The van der Waals surface area contributed by atoms with Crippen molar-refractivity contribution in [2.24, 2.45) is 0 Å². The van der Waals surface area contributed by atoms with E-state index in [-0.39, 0.29) is 0 Å². The summed E-state index contributed by atoms with van der Waals surface area (Å²) in [5, 5.41) is -0.456. The molecule has 0 N–H and O–H groups in total. The van der Waals surface area contributed by atoms with Gasteiger partial charge in [-0.25, -0.2) is 4.98 Å². The van der Waals surface area contributed by atoms with Gasteiger partial charge in [0.25, 0.3) is 5.24 Å². The summed E-state index contributed by atoms with van der Waals surface area (Å²) in [4.78, 5) is 20.4. The van der Waals surface area contributed by atoms with Gasteiger partial charge >= 0.3 is 0 Å². The van der Waals surface area contributed by atoms with E-state index in [1.807, 2.05) is 6.92 Å². The third-order valence-corrected chi connectivity index (χ3v) is 2.89. The molecule has 0 bridgehead atoms. The average molecular weight is 213 g/mol. The minimum atomic E-state index is -0.456. The number of aryl methyl sites for hydroxylation is 1. The topological polar surface area (TPSA) is 42.9 Å². The molecule has 2 heterocycles. The Bertz CT molecular complexity index is 480. The summed E-state index contributed by atoms with van der Waals surface area (Å²) in [6, 6.07) is 1.65. The molecule has 2 aromatic heterocycles. The number of fused-ring (bicyclic) bond motifs is 1. The number of nitrogens with zero attached hydrogens (tertiary/aromatic N) is 2. The summed E-state index contributed by atoms with van der Waals surface area (Å²) in [5.74, 6) is 0. The quantitative estimate of drug-likeness (QED) is 0.682. The van der Waals surface area contributed by atoms with E-state index >= 15 is 0 Å². The number of thiophene rings is 1. The Morgan fingerprint density at radius 1 is 1.62 bits per heavy atom. The average Bonchev–Trinajstić information content (AvgIpc) is 2.46. The zero-order chi connectivity index (χ0) is 9.42. The van der Waals surface area contributed by atoms with Crippen molar-refractivity contribution in [2.75, 3.05) is 0 Å². The molecule has 0 atom stereocenters. The van der Waals surface area contributed by atoms with Crippen LogP contribution in [0.5, 0.6) is 0 Å². The first kappa shape index (κ1) is 8.59. The van der Waals surface area contributed by atoms with Gasteiger partial charge in [-0.15, -0.1) is 11.3 Å². The smallest absolute Gasteiger partial charge is 0.262 e. The fourth-order valence-electron chi connectivity index (χ4n) is 0.993. The highest BCUT2D eigenvalue weighted by Crippen LogP contribution is 2.23. The van der Waals surface area contributed by atoms with Gasteiger partial charge in [-0.2, -0.15) is 0 Å². The van der Waals surface area contributed by atoms with Crippen LogP contribution in [-0.2, 0) is 0 Å². The van der Waals surface area contributed by atoms with Gasteiger partial charge in [0, 0.05) is 6.20 Å². The minimum Gasteiger partial charge on any atom is -0.275 e. The number of halogens is 1. The van der Waals surface area contributed by atoms with Crippen molar-refractivity contribution in [3.63, 3.8) is 0 Å². The summed E-state index contributed by atoms with van der Waals surface area (Å²) in [5.41, 5.74) is 1.56. The third kappa shape index (κ3) is 1.55. The molecule has 0 aliphatic rings. The van der Waals surface area contributed by atoms with Crippen molar-refractivity contribution in [2.45, 2.75) is 6.92 Å². The summed E-state index contributed by atoms with van der Waals surface area (Å²) in [6.45, 7) is 1.86. The van der Waals surface area contributed by atoms with Crippen LogP contribution in [-0.4, -0.2) is 15.2 Å². The zero-order valence-corrected chi connectivity index (χ0v) is 8.32. The SMILES string of the molecule is Cc1cnc2cc(C(=O)Cl)sc2n1. The molecule has 0 unspecified atom stereocenters. The zero-order valence-electron chi connectivity index (χ0n) is 6.74. The lowest BCUT2D eigenvalue weighted by Gasteiger charge is -1.88. The number of hydrogen-bond donors (Lipinski definition) is 0. The van der Waals surface area contributed by atoms with Crippen molar-refractivity contribution in [3.8, 4) is 0 Å². The molecule has 0 spiro atoms. The molecule has 0 amide bonds. The Labute approximate surface area is 83.4 Å². The van der Waals surface area contributed by atoms with Crippen LogP contribution in [0.1, 0.15) is 15.4 Å². The monoisotopic (exact) mass is 212 g/mol. The van der Waals surface area contributed by atoms with Crippen molar-refractivity contribution >= 4 is 38.5 Å². The Morgan fingerprint density at radius 3 is 3.08 bits per heavy atom. The van der Waals surface area contributed by atoms with Gasteiger partial charge in [-0.3, -0.25) is 9.78 Å². The van der Waals surface area contributed by atoms with Crippen molar-refractivity contribution in [1.82, 2.24) is 9.97 Å². The van der Waals surface area contributed by atoms with Crippen LogP contribution in [0, 0.1) is 6.92 Å². The lowest BCUT2D eigenvalue weighted by atomic mass is 10.4. The molecule has 66 valence electrons. The predicted molar refractivity (Wildman–Crippen MR) is 52.3 cm³/mol. The number of rotatable bonds is 1. The van der Waals surface area contributed by atoms with E-state index in [9.17, 15) is 4.79 Å². The molecule has 0 aliphatic carbocycles. The second kappa shape index (κ2) is 3.05. The second-order valence-electron chi connectivity index (χ2n) is 2.59. The van der Waals surface area contributed by atoms with E-state index in [0.717, 1.165) is 16.0 Å². The van der Waals surface area contributed by atoms with Crippen LogP contribution in [0.3, 0.4) is 0 Å². The van der Waals surface area contributed by atoms with Crippen LogP contribution in [0.4, 0.5) is 0 Å². The molecular formula is C8H5ClN2OS. The van der Waals surface area contributed by atoms with Gasteiger partial charge in [0.05, 0.1) is 10.6 Å². The van der Waals surface area contributed by atoms with E-state index in [2.05, 4.69) is 9.97 Å². The van der Waals surface area contributed by atoms with Gasteiger partial charge in [-0.05, 0) is 24.6 Å². The fourth-order valence-corrected chi connectivity index (χ4v) is 2.03. The molecule has 0 aromatic carbocycles. The first-order valence-corrected chi connectivity index (χ1v) is 4.79. The third-order valence-electron chi connectivity index (χ3n) is 1.56. The highest BCUT2D eigenvalue weighted by Gasteiger charge is 2.08. The molecule has 0 aliphatic heterocycles. The number of carbonyl (C=O) groups is 1. The van der Waals surface area contributed by atoms with E-state index < -0.39 is 5.24 Å². The Kier molecular flexibility index (Phi) is 2.01. The van der Waals surface area contributed by atoms with Gasteiger partial charge in [-0.1, -0.05) is 0 Å². The first-order valence-electron chi connectivity index (χ1n) is 3.60. The van der Waals surface area contributed by atoms with Gasteiger partial charge in [0.15, 0.2) is 0 Å². The predicted octanol–water partition coefficient (Wildman–Crippen LogP) is 2.38. The normalized spacial score (nSPS) is 10.6. The number of aromatic nitrogens is 2. The molecule has 3 nitrogen and oxygen atoms in total. The summed E-state index contributed by atoms with van der Waals surface area (Å²) < 4.78 is 0. The van der Waals surface area contributed by atoms with Gasteiger partial charge < -0.3 is 0 Å². The highest BCUT2D eigenvalue weighted by molar-refractivity contribution is 7.21. The fraction of sp³-hybridized carbons (Fsp3) is 0.125. The maximum atomic E-state index is 10.8. The largest absolute Gasteiger partial charge is 0.275 e. The number of hydrogen-bond acceptors (Lipinski definition) is 4. The Balaban J connectivity index is 2.68. The van der Waals surface area contributed by atoms with E-state index in [4.69, 9.17) is 11.6 Å². The maximum absolute atomic E-state index is 10.8.